The zero-order valence-electron chi connectivity index (χ0n) is 18.5. The van der Waals surface area contributed by atoms with E-state index in [1.807, 2.05) is 0 Å². The van der Waals surface area contributed by atoms with Crippen LogP contribution >= 0.6 is 0 Å². The number of hydrogen-bond acceptors (Lipinski definition) is 3. The van der Waals surface area contributed by atoms with Gasteiger partial charge >= 0.3 is 0 Å². The quantitative estimate of drug-likeness (QED) is 0.394. The molecule has 1 unspecified atom stereocenters. The summed E-state index contributed by atoms with van der Waals surface area (Å²) >= 11 is 0. The molecule has 3 atom stereocenters. The van der Waals surface area contributed by atoms with E-state index in [0.717, 1.165) is 67.6 Å². The minimum atomic E-state index is -0.670. The Morgan fingerprint density at radius 3 is 2.52 bits per heavy atom. The average Bonchev–Trinajstić information content (AvgIpc) is 3.46. The molecule has 0 spiro atoms. The Morgan fingerprint density at radius 2 is 1.73 bits per heavy atom. The largest absolute Gasteiger partial charge is 0.376 e. The highest BCUT2D eigenvalue weighted by Crippen LogP contribution is 2.53. The van der Waals surface area contributed by atoms with Gasteiger partial charge in [0, 0.05) is 35.2 Å². The van der Waals surface area contributed by atoms with Gasteiger partial charge in [-0.3, -0.25) is 4.79 Å². The SMILES string of the molecule is CO[C@@H]1CC[C@H]2OC1(C)n1c3ccccc3c3c4c(c5c6ccccc6n2c5c31)C(=O)NC4. The molecule has 164 valence electrons. The van der Waals surface area contributed by atoms with E-state index in [1.165, 1.54) is 0 Å². The predicted octanol–water partition coefficient (Wildman–Crippen LogP) is 5.16. The third kappa shape index (κ3) is 1.89. The van der Waals surface area contributed by atoms with Crippen molar-refractivity contribution in [1.82, 2.24) is 14.5 Å². The molecule has 8 rings (SSSR count). The van der Waals surface area contributed by atoms with Gasteiger partial charge in [0.15, 0.2) is 5.72 Å². The van der Waals surface area contributed by atoms with E-state index in [4.69, 9.17) is 9.47 Å². The van der Waals surface area contributed by atoms with Crippen molar-refractivity contribution in [3.8, 4) is 0 Å². The molecule has 1 fully saturated rings. The van der Waals surface area contributed by atoms with Crippen LogP contribution in [0.2, 0.25) is 0 Å². The van der Waals surface area contributed by atoms with E-state index < -0.39 is 5.72 Å². The van der Waals surface area contributed by atoms with Gasteiger partial charge in [0.05, 0.1) is 27.6 Å². The minimum Gasteiger partial charge on any atom is -0.376 e. The third-order valence-corrected chi connectivity index (χ3v) is 8.18. The Morgan fingerprint density at radius 1 is 1.00 bits per heavy atom. The molecule has 3 aliphatic heterocycles. The molecule has 6 nitrogen and oxygen atoms in total. The number of benzene rings is 3. The fraction of sp³-hybridized carbons (Fsp3) is 0.296. The van der Waals surface area contributed by atoms with Crippen LogP contribution in [0.25, 0.3) is 43.6 Å². The maximum absolute atomic E-state index is 13.2. The predicted molar refractivity (Wildman–Crippen MR) is 127 cm³/mol. The fourth-order valence-corrected chi connectivity index (χ4v) is 6.93. The van der Waals surface area contributed by atoms with Gasteiger partial charge < -0.3 is 23.9 Å². The van der Waals surface area contributed by atoms with Crippen LogP contribution in [0.15, 0.2) is 48.5 Å². The van der Waals surface area contributed by atoms with Gasteiger partial charge in [-0.05, 0) is 37.5 Å². The first kappa shape index (κ1) is 18.1. The topological polar surface area (TPSA) is 57.4 Å². The summed E-state index contributed by atoms with van der Waals surface area (Å²) in [4.78, 5) is 13.2. The summed E-state index contributed by atoms with van der Waals surface area (Å²) < 4.78 is 17.7. The summed E-state index contributed by atoms with van der Waals surface area (Å²) in [6.07, 6.45) is 1.54. The molecule has 1 amide bonds. The number of nitrogens with zero attached hydrogens (tertiary/aromatic N) is 2. The fourth-order valence-electron chi connectivity index (χ4n) is 6.93. The van der Waals surface area contributed by atoms with Crippen LogP contribution in [0.1, 0.15) is 41.9 Å². The van der Waals surface area contributed by atoms with Crippen LogP contribution < -0.4 is 5.32 Å². The lowest BCUT2D eigenvalue weighted by Gasteiger charge is -2.44. The second-order valence-electron chi connectivity index (χ2n) is 9.65. The number of aromatic nitrogens is 2. The molecule has 2 bridgehead atoms. The lowest BCUT2D eigenvalue weighted by molar-refractivity contribution is -0.247. The number of rotatable bonds is 1. The highest BCUT2D eigenvalue weighted by molar-refractivity contribution is 6.30. The number of hydrogen-bond donors (Lipinski definition) is 1. The van der Waals surface area contributed by atoms with Crippen molar-refractivity contribution in [2.45, 2.75) is 44.4 Å². The van der Waals surface area contributed by atoms with E-state index in [2.05, 4.69) is 69.9 Å². The van der Waals surface area contributed by atoms with Crippen LogP contribution in [0, 0.1) is 0 Å². The van der Waals surface area contributed by atoms with Crippen molar-refractivity contribution in [1.29, 1.82) is 0 Å². The normalized spacial score (nSPS) is 25.9. The molecular formula is C27H23N3O3. The lowest BCUT2D eigenvalue weighted by Crippen LogP contribution is -2.49. The number of fused-ring (bicyclic) bond motifs is 13. The van der Waals surface area contributed by atoms with Crippen LogP contribution in [0.3, 0.4) is 0 Å². The molecule has 1 N–H and O–H groups in total. The monoisotopic (exact) mass is 437 g/mol. The lowest BCUT2D eigenvalue weighted by atomic mass is 9.96. The maximum atomic E-state index is 13.2. The van der Waals surface area contributed by atoms with E-state index in [0.29, 0.717) is 6.54 Å². The molecule has 2 aromatic heterocycles. The van der Waals surface area contributed by atoms with Crippen molar-refractivity contribution >= 4 is 49.5 Å². The van der Waals surface area contributed by atoms with Gasteiger partial charge in [-0.25, -0.2) is 0 Å². The van der Waals surface area contributed by atoms with Crippen molar-refractivity contribution in [3.63, 3.8) is 0 Å². The molecule has 5 aromatic rings. The van der Waals surface area contributed by atoms with Gasteiger partial charge in [0.25, 0.3) is 5.91 Å². The summed E-state index contributed by atoms with van der Waals surface area (Å²) in [6, 6.07) is 16.9. The molecule has 33 heavy (non-hydrogen) atoms. The third-order valence-electron chi connectivity index (χ3n) is 8.18. The number of carbonyl (C=O) groups is 1. The summed E-state index contributed by atoms with van der Waals surface area (Å²) in [5, 5.41) is 7.58. The first-order valence-electron chi connectivity index (χ1n) is 11.6. The average molecular weight is 437 g/mol. The molecule has 0 radical (unpaired) electrons. The Balaban J connectivity index is 1.76. The molecule has 1 saturated heterocycles. The Labute approximate surface area is 189 Å². The molecule has 3 aromatic carbocycles. The first-order chi connectivity index (χ1) is 16.1. The Hall–Kier alpha value is -3.35. The van der Waals surface area contributed by atoms with Gasteiger partial charge in [-0.2, -0.15) is 0 Å². The zero-order chi connectivity index (χ0) is 22.1. The van der Waals surface area contributed by atoms with Crippen LogP contribution in [0.4, 0.5) is 0 Å². The van der Waals surface area contributed by atoms with Crippen LogP contribution in [-0.4, -0.2) is 28.3 Å². The van der Waals surface area contributed by atoms with Crippen molar-refractivity contribution < 1.29 is 14.3 Å². The summed E-state index contributed by atoms with van der Waals surface area (Å²) in [7, 11) is 1.78. The molecule has 0 aliphatic carbocycles. The summed E-state index contributed by atoms with van der Waals surface area (Å²) in [6.45, 7) is 2.71. The van der Waals surface area contributed by atoms with Gasteiger partial charge in [-0.15, -0.1) is 0 Å². The Kier molecular flexibility index (Phi) is 3.16. The van der Waals surface area contributed by atoms with E-state index in [1.54, 1.807) is 7.11 Å². The summed E-state index contributed by atoms with van der Waals surface area (Å²) in [5.74, 6) is 0.0146. The molecule has 5 heterocycles. The number of ether oxygens (including phenoxy) is 2. The number of carbonyl (C=O) groups excluding carboxylic acids is 1. The van der Waals surface area contributed by atoms with Gasteiger partial charge in [-0.1, -0.05) is 36.4 Å². The second kappa shape index (κ2) is 5.76. The molecular weight excluding hydrogens is 414 g/mol. The van der Waals surface area contributed by atoms with E-state index in [-0.39, 0.29) is 18.2 Å². The van der Waals surface area contributed by atoms with Crippen molar-refractivity contribution in [2.75, 3.05) is 7.11 Å². The molecule has 0 saturated carbocycles. The van der Waals surface area contributed by atoms with Gasteiger partial charge in [0.2, 0.25) is 0 Å². The Bertz CT molecular complexity index is 1690. The number of methoxy groups -OCH3 is 1. The number of amides is 1. The van der Waals surface area contributed by atoms with Crippen molar-refractivity contribution in [3.05, 3.63) is 59.7 Å². The first-order valence-corrected chi connectivity index (χ1v) is 11.6. The summed E-state index contributed by atoms with van der Waals surface area (Å²) in [5.41, 5.74) is 5.72. The second-order valence-corrected chi connectivity index (χ2v) is 9.65. The highest BCUT2D eigenvalue weighted by Gasteiger charge is 2.49. The van der Waals surface area contributed by atoms with Crippen molar-refractivity contribution in [2.24, 2.45) is 0 Å². The zero-order valence-corrected chi connectivity index (χ0v) is 18.5. The van der Waals surface area contributed by atoms with E-state index >= 15 is 0 Å². The van der Waals surface area contributed by atoms with E-state index in [9.17, 15) is 4.79 Å². The van der Waals surface area contributed by atoms with Crippen LogP contribution in [-0.2, 0) is 21.7 Å². The minimum absolute atomic E-state index is 0.0146. The highest BCUT2D eigenvalue weighted by atomic mass is 16.6. The van der Waals surface area contributed by atoms with Gasteiger partial charge in [0.1, 0.15) is 12.3 Å². The molecule has 3 aliphatic rings. The molecule has 6 heteroatoms. The standard InChI is InChI=1S/C27H23N3O3/c1-27-19(32-2)11-12-20(33-27)29-17-9-5-3-7-14(17)22-23-16(13-28-26(23)31)21-15-8-4-6-10-18(15)30(27)25(21)24(22)29/h3-10,19-20H,11-13H2,1-2H3,(H,28,31)/t19-,20-,27?/m1/s1. The smallest absolute Gasteiger partial charge is 0.252 e. The maximum Gasteiger partial charge on any atom is 0.252 e. The van der Waals surface area contributed by atoms with Crippen LogP contribution in [0.5, 0.6) is 0 Å². The number of nitrogens with one attached hydrogen (secondary N) is 1. The number of para-hydroxylation sites is 2.